The number of nitrogens with zero attached hydrogens (tertiary/aromatic N) is 1. The van der Waals surface area contributed by atoms with E-state index in [9.17, 15) is 9.59 Å². The zero-order chi connectivity index (χ0) is 17.9. The van der Waals surface area contributed by atoms with Gasteiger partial charge in [0.15, 0.2) is 0 Å². The van der Waals surface area contributed by atoms with E-state index in [2.05, 4.69) is 20.8 Å². The second-order valence-corrected chi connectivity index (χ2v) is 6.49. The number of hydrogen-bond donors (Lipinski definition) is 3. The van der Waals surface area contributed by atoms with Gasteiger partial charge in [-0.25, -0.2) is 16.7 Å². The third kappa shape index (κ3) is 3.61. The van der Waals surface area contributed by atoms with Gasteiger partial charge in [0.2, 0.25) is 0 Å². The monoisotopic (exact) mass is 326 g/mol. The molecule has 0 spiro atoms. The molecule has 0 aliphatic carbocycles. The summed E-state index contributed by atoms with van der Waals surface area (Å²) in [6.07, 6.45) is 0. The first-order valence-corrected chi connectivity index (χ1v) is 7.55. The molecular weight excluding hydrogens is 304 g/mol. The molecule has 0 fully saturated rings. The molecule has 0 saturated carbocycles. The van der Waals surface area contributed by atoms with Crippen molar-refractivity contribution in [3.05, 3.63) is 65.2 Å². The molecule has 0 aliphatic rings. The number of hydrazine groups is 2. The minimum absolute atomic E-state index is 0.00772. The molecule has 0 bridgehead atoms. The number of benzene rings is 2. The van der Waals surface area contributed by atoms with Gasteiger partial charge in [0, 0.05) is 0 Å². The Morgan fingerprint density at radius 2 is 1.50 bits per heavy atom. The van der Waals surface area contributed by atoms with Crippen LogP contribution in [-0.4, -0.2) is 11.8 Å². The molecule has 0 unspecified atom stereocenters. The van der Waals surface area contributed by atoms with Crippen LogP contribution < -0.4 is 22.1 Å². The fourth-order valence-electron chi connectivity index (χ4n) is 2.31. The Labute approximate surface area is 141 Å². The van der Waals surface area contributed by atoms with Crippen molar-refractivity contribution in [1.29, 1.82) is 0 Å². The van der Waals surface area contributed by atoms with Crippen LogP contribution in [-0.2, 0) is 5.41 Å². The van der Waals surface area contributed by atoms with E-state index in [-0.39, 0.29) is 16.5 Å². The smallest absolute Gasteiger partial charge is 0.273 e. The number of amides is 2. The lowest BCUT2D eigenvalue weighted by atomic mass is 9.87. The van der Waals surface area contributed by atoms with Gasteiger partial charge in [-0.15, -0.1) is 0 Å². The van der Waals surface area contributed by atoms with Crippen molar-refractivity contribution in [2.45, 2.75) is 26.2 Å². The Kier molecular flexibility index (Phi) is 5.02. The SMILES string of the molecule is CC(C)(C)c1ccc(N(N)C(=O)c2ccccc2C(=O)NN)cc1. The highest BCUT2D eigenvalue weighted by Crippen LogP contribution is 2.25. The van der Waals surface area contributed by atoms with Crippen LogP contribution in [0, 0.1) is 0 Å². The molecule has 0 aromatic heterocycles. The minimum Gasteiger partial charge on any atom is -0.290 e. The van der Waals surface area contributed by atoms with Crippen molar-refractivity contribution in [3.63, 3.8) is 0 Å². The van der Waals surface area contributed by atoms with Gasteiger partial charge in [0.25, 0.3) is 11.8 Å². The lowest BCUT2D eigenvalue weighted by Crippen LogP contribution is -2.39. The second kappa shape index (κ2) is 6.82. The predicted molar refractivity (Wildman–Crippen MR) is 94.2 cm³/mol. The third-order valence-corrected chi connectivity index (χ3v) is 3.76. The van der Waals surface area contributed by atoms with Crippen molar-refractivity contribution in [2.75, 3.05) is 5.01 Å². The summed E-state index contributed by atoms with van der Waals surface area (Å²) in [5.74, 6) is 10.1. The average Bonchev–Trinajstić information content (AvgIpc) is 2.59. The highest BCUT2D eigenvalue weighted by molar-refractivity contribution is 6.12. The Balaban J connectivity index is 2.32. The fraction of sp³-hybridized carbons (Fsp3) is 0.222. The summed E-state index contributed by atoms with van der Waals surface area (Å²) in [7, 11) is 0. The minimum atomic E-state index is -0.546. The molecule has 5 N–H and O–H groups in total. The molecule has 2 aromatic rings. The zero-order valence-electron chi connectivity index (χ0n) is 14.0. The highest BCUT2D eigenvalue weighted by atomic mass is 16.2. The fourth-order valence-corrected chi connectivity index (χ4v) is 2.31. The summed E-state index contributed by atoms with van der Waals surface area (Å²) in [6.45, 7) is 6.32. The van der Waals surface area contributed by atoms with Crippen molar-refractivity contribution < 1.29 is 9.59 Å². The van der Waals surface area contributed by atoms with Crippen LogP contribution in [0.3, 0.4) is 0 Å². The highest BCUT2D eigenvalue weighted by Gasteiger charge is 2.21. The summed E-state index contributed by atoms with van der Waals surface area (Å²) < 4.78 is 0. The van der Waals surface area contributed by atoms with E-state index in [4.69, 9.17) is 11.7 Å². The molecule has 0 atom stereocenters. The first-order valence-electron chi connectivity index (χ1n) is 7.55. The van der Waals surface area contributed by atoms with Gasteiger partial charge in [0.05, 0.1) is 16.8 Å². The summed E-state index contributed by atoms with van der Waals surface area (Å²) in [5.41, 5.74) is 4.06. The van der Waals surface area contributed by atoms with Gasteiger partial charge in [0.1, 0.15) is 0 Å². The maximum atomic E-state index is 12.6. The van der Waals surface area contributed by atoms with Crippen molar-refractivity contribution >= 4 is 17.5 Å². The normalized spacial score (nSPS) is 11.0. The number of carbonyl (C=O) groups is 2. The molecule has 0 saturated heterocycles. The number of hydrogen-bond acceptors (Lipinski definition) is 4. The maximum Gasteiger partial charge on any atom is 0.273 e. The van der Waals surface area contributed by atoms with E-state index in [1.807, 2.05) is 17.6 Å². The number of nitrogens with two attached hydrogens (primary N) is 2. The zero-order valence-corrected chi connectivity index (χ0v) is 14.0. The van der Waals surface area contributed by atoms with Crippen LogP contribution in [0.4, 0.5) is 5.69 Å². The van der Waals surface area contributed by atoms with E-state index in [1.165, 1.54) is 12.1 Å². The maximum absolute atomic E-state index is 12.6. The van der Waals surface area contributed by atoms with Gasteiger partial charge in [-0.2, -0.15) is 0 Å². The molecule has 2 rings (SSSR count). The molecule has 0 aliphatic heterocycles. The van der Waals surface area contributed by atoms with E-state index >= 15 is 0 Å². The summed E-state index contributed by atoms with van der Waals surface area (Å²) in [4.78, 5) is 24.5. The molecule has 0 heterocycles. The van der Waals surface area contributed by atoms with Gasteiger partial charge in [-0.3, -0.25) is 15.0 Å². The molecule has 24 heavy (non-hydrogen) atoms. The van der Waals surface area contributed by atoms with Crippen LogP contribution >= 0.6 is 0 Å². The third-order valence-electron chi connectivity index (χ3n) is 3.76. The predicted octanol–water partition coefficient (Wildman–Crippen LogP) is 2.11. The lowest BCUT2D eigenvalue weighted by molar-refractivity contribution is 0.0933. The van der Waals surface area contributed by atoms with Gasteiger partial charge in [-0.1, -0.05) is 45.0 Å². The van der Waals surface area contributed by atoms with E-state index in [0.717, 1.165) is 10.6 Å². The van der Waals surface area contributed by atoms with E-state index < -0.39 is 11.8 Å². The van der Waals surface area contributed by atoms with Crippen LogP contribution in [0.15, 0.2) is 48.5 Å². The summed E-state index contributed by atoms with van der Waals surface area (Å²) in [6, 6.07) is 13.8. The Morgan fingerprint density at radius 3 is 2.00 bits per heavy atom. The summed E-state index contributed by atoms with van der Waals surface area (Å²) >= 11 is 0. The van der Waals surface area contributed by atoms with Crippen LogP contribution in [0.1, 0.15) is 47.1 Å². The Hall–Kier alpha value is -2.70. The topological polar surface area (TPSA) is 101 Å². The molecular formula is C18H22N4O2. The molecule has 2 amide bonds. The molecule has 6 nitrogen and oxygen atoms in total. The average molecular weight is 326 g/mol. The quantitative estimate of drug-likeness (QED) is 0.457. The van der Waals surface area contributed by atoms with Crippen molar-refractivity contribution in [1.82, 2.24) is 5.43 Å². The number of carbonyl (C=O) groups excluding carboxylic acids is 2. The number of nitrogen functional groups attached to an aromatic ring is 1. The van der Waals surface area contributed by atoms with E-state index in [1.54, 1.807) is 24.3 Å². The first-order chi connectivity index (χ1) is 11.3. The number of nitrogens with one attached hydrogen (secondary N) is 1. The molecule has 2 aromatic carbocycles. The van der Waals surface area contributed by atoms with Crippen LogP contribution in [0.25, 0.3) is 0 Å². The van der Waals surface area contributed by atoms with Crippen LogP contribution in [0.5, 0.6) is 0 Å². The number of anilines is 1. The van der Waals surface area contributed by atoms with Crippen molar-refractivity contribution in [3.8, 4) is 0 Å². The van der Waals surface area contributed by atoms with E-state index in [0.29, 0.717) is 5.69 Å². The van der Waals surface area contributed by atoms with Gasteiger partial charge in [-0.05, 0) is 35.2 Å². The van der Waals surface area contributed by atoms with Gasteiger partial charge < -0.3 is 0 Å². The first kappa shape index (κ1) is 17.7. The van der Waals surface area contributed by atoms with Crippen molar-refractivity contribution in [2.24, 2.45) is 11.7 Å². The largest absolute Gasteiger partial charge is 0.290 e. The Bertz CT molecular complexity index is 748. The van der Waals surface area contributed by atoms with Gasteiger partial charge >= 0.3 is 0 Å². The molecule has 126 valence electrons. The van der Waals surface area contributed by atoms with Crippen LogP contribution in [0.2, 0.25) is 0 Å². The second-order valence-electron chi connectivity index (χ2n) is 6.49. The molecule has 6 heteroatoms. The summed E-state index contributed by atoms with van der Waals surface area (Å²) in [5, 5.41) is 1.02. The lowest BCUT2D eigenvalue weighted by Gasteiger charge is -2.22. The molecule has 0 radical (unpaired) electrons. The number of rotatable bonds is 3. The standard InChI is InChI=1S/C18H22N4O2/c1-18(2,3)12-8-10-13(11-9-12)22(20)17(24)15-7-5-4-6-14(15)16(23)21-19/h4-11H,19-20H2,1-3H3,(H,21,23). The Morgan fingerprint density at radius 1 is 0.958 bits per heavy atom.